The minimum atomic E-state index is -3.55. The number of hydrogen-bond donors (Lipinski definition) is 1. The van der Waals surface area contributed by atoms with E-state index in [9.17, 15) is 13.2 Å². The summed E-state index contributed by atoms with van der Waals surface area (Å²) in [5.41, 5.74) is 2.31. The van der Waals surface area contributed by atoms with Crippen LogP contribution in [-0.2, 0) is 21.2 Å². The first kappa shape index (κ1) is 23.1. The molecule has 31 heavy (non-hydrogen) atoms. The van der Waals surface area contributed by atoms with Gasteiger partial charge in [-0.25, -0.2) is 8.42 Å². The molecular formula is C23H30N2O5S. The molecule has 1 aliphatic rings. The van der Waals surface area contributed by atoms with E-state index in [1.165, 1.54) is 7.11 Å². The molecule has 0 spiro atoms. The van der Waals surface area contributed by atoms with Crippen molar-refractivity contribution >= 4 is 21.6 Å². The van der Waals surface area contributed by atoms with E-state index < -0.39 is 10.0 Å². The number of anilines is 1. The molecule has 1 amide bonds. The first-order valence-electron chi connectivity index (χ1n) is 10.5. The number of ether oxygens (including phenoxy) is 2. The average molecular weight is 447 g/mol. The number of carbonyl (C=O) groups excluding carboxylic acids is 1. The van der Waals surface area contributed by atoms with E-state index in [1.807, 2.05) is 25.1 Å². The number of methoxy groups -OCH3 is 2. The maximum atomic E-state index is 13.0. The quantitative estimate of drug-likeness (QED) is 0.667. The van der Waals surface area contributed by atoms with Gasteiger partial charge in [-0.05, 0) is 67.6 Å². The summed E-state index contributed by atoms with van der Waals surface area (Å²) in [7, 11) is -0.458. The maximum Gasteiger partial charge on any atom is 0.243 e. The average Bonchev–Trinajstić information content (AvgIpc) is 2.78. The van der Waals surface area contributed by atoms with Gasteiger partial charge in [-0.15, -0.1) is 0 Å². The lowest BCUT2D eigenvalue weighted by Crippen LogP contribution is -2.35. The Hall–Kier alpha value is -2.58. The predicted octanol–water partition coefficient (Wildman–Crippen LogP) is 3.76. The number of nitrogens with one attached hydrogen (secondary N) is 1. The van der Waals surface area contributed by atoms with Crippen LogP contribution in [0.1, 0.15) is 36.8 Å². The largest absolute Gasteiger partial charge is 0.496 e. The Kier molecular flexibility index (Phi) is 7.56. The van der Waals surface area contributed by atoms with Crippen molar-refractivity contribution in [2.45, 2.75) is 43.9 Å². The molecule has 3 rings (SSSR count). The van der Waals surface area contributed by atoms with Gasteiger partial charge in [0, 0.05) is 19.5 Å². The predicted molar refractivity (Wildman–Crippen MR) is 120 cm³/mol. The van der Waals surface area contributed by atoms with Crippen molar-refractivity contribution in [1.29, 1.82) is 0 Å². The zero-order chi connectivity index (χ0) is 22.4. The smallest absolute Gasteiger partial charge is 0.243 e. The molecule has 0 radical (unpaired) electrons. The molecule has 0 unspecified atom stereocenters. The Labute approximate surface area is 184 Å². The third-order valence-electron chi connectivity index (χ3n) is 5.46. The van der Waals surface area contributed by atoms with Gasteiger partial charge >= 0.3 is 0 Å². The number of aryl methyl sites for hydroxylation is 2. The minimum absolute atomic E-state index is 0.181. The van der Waals surface area contributed by atoms with Crippen LogP contribution in [0.15, 0.2) is 41.3 Å². The van der Waals surface area contributed by atoms with E-state index in [0.29, 0.717) is 42.3 Å². The Balaban J connectivity index is 1.74. The standard InChI is InChI=1S/C23H30N2O5S/c1-17-7-10-22(30-3)20(15-17)24-23(26)12-8-18-16-19(9-11-21(18)29-2)31(27,28)25-13-5-4-6-14-25/h7,9-11,15-16H,4-6,8,12-14H2,1-3H3,(H,24,26). The number of piperidine rings is 1. The van der Waals surface area contributed by atoms with E-state index in [-0.39, 0.29) is 17.2 Å². The van der Waals surface area contributed by atoms with E-state index in [0.717, 1.165) is 24.8 Å². The molecule has 2 aromatic carbocycles. The zero-order valence-electron chi connectivity index (χ0n) is 18.3. The van der Waals surface area contributed by atoms with Gasteiger partial charge in [0.25, 0.3) is 0 Å². The molecule has 168 valence electrons. The number of carbonyl (C=O) groups is 1. The monoisotopic (exact) mass is 446 g/mol. The summed E-state index contributed by atoms with van der Waals surface area (Å²) in [6.07, 6.45) is 3.35. The molecule has 2 aromatic rings. The molecule has 0 aliphatic carbocycles. The van der Waals surface area contributed by atoms with Crippen LogP contribution in [0, 0.1) is 6.92 Å². The first-order chi connectivity index (χ1) is 14.8. The van der Waals surface area contributed by atoms with Crippen LogP contribution in [-0.4, -0.2) is 45.9 Å². The second-order valence-electron chi connectivity index (χ2n) is 7.69. The van der Waals surface area contributed by atoms with E-state index in [4.69, 9.17) is 9.47 Å². The van der Waals surface area contributed by atoms with Gasteiger partial charge in [-0.3, -0.25) is 4.79 Å². The molecule has 0 aromatic heterocycles. The third kappa shape index (κ3) is 5.57. The fourth-order valence-electron chi connectivity index (χ4n) is 3.75. The summed E-state index contributed by atoms with van der Waals surface area (Å²) < 4.78 is 38.3. The Bertz CT molecular complexity index is 1030. The van der Waals surface area contributed by atoms with Crippen LogP contribution in [0.3, 0.4) is 0 Å². The van der Waals surface area contributed by atoms with Crippen molar-refractivity contribution in [2.24, 2.45) is 0 Å². The van der Waals surface area contributed by atoms with Crippen LogP contribution in [0.4, 0.5) is 5.69 Å². The van der Waals surface area contributed by atoms with E-state index in [1.54, 1.807) is 29.6 Å². The summed E-state index contributed by atoms with van der Waals surface area (Å²) in [5.74, 6) is 0.972. The molecule has 7 nitrogen and oxygen atoms in total. The Morgan fingerprint density at radius 2 is 1.68 bits per heavy atom. The summed E-state index contributed by atoms with van der Waals surface area (Å²) in [4.78, 5) is 12.8. The highest BCUT2D eigenvalue weighted by Crippen LogP contribution is 2.28. The SMILES string of the molecule is COc1ccc(S(=O)(=O)N2CCCCC2)cc1CCC(=O)Nc1cc(C)ccc1OC. The van der Waals surface area contributed by atoms with Crippen molar-refractivity contribution in [3.63, 3.8) is 0 Å². The van der Waals surface area contributed by atoms with E-state index in [2.05, 4.69) is 5.32 Å². The summed E-state index contributed by atoms with van der Waals surface area (Å²) >= 11 is 0. The van der Waals surface area contributed by atoms with Crippen LogP contribution >= 0.6 is 0 Å². The van der Waals surface area contributed by atoms with Gasteiger partial charge < -0.3 is 14.8 Å². The lowest BCUT2D eigenvalue weighted by atomic mass is 10.1. The van der Waals surface area contributed by atoms with Crippen molar-refractivity contribution < 1.29 is 22.7 Å². The number of amides is 1. The van der Waals surface area contributed by atoms with Gasteiger partial charge in [0.2, 0.25) is 15.9 Å². The maximum absolute atomic E-state index is 13.0. The van der Waals surface area contributed by atoms with E-state index >= 15 is 0 Å². The molecule has 1 aliphatic heterocycles. The van der Waals surface area contributed by atoms with Gasteiger partial charge in [-0.1, -0.05) is 12.5 Å². The van der Waals surface area contributed by atoms with Crippen molar-refractivity contribution in [3.05, 3.63) is 47.5 Å². The Morgan fingerprint density at radius 1 is 1.00 bits per heavy atom. The lowest BCUT2D eigenvalue weighted by Gasteiger charge is -2.26. The second-order valence-corrected chi connectivity index (χ2v) is 9.63. The van der Waals surface area contributed by atoms with Crippen molar-refractivity contribution in [3.8, 4) is 11.5 Å². The third-order valence-corrected chi connectivity index (χ3v) is 7.35. The first-order valence-corrected chi connectivity index (χ1v) is 11.9. The minimum Gasteiger partial charge on any atom is -0.496 e. The van der Waals surface area contributed by atoms with Crippen molar-refractivity contribution in [2.75, 3.05) is 32.6 Å². The molecule has 1 fully saturated rings. The molecule has 1 N–H and O–H groups in total. The molecule has 8 heteroatoms. The number of nitrogens with zero attached hydrogens (tertiary/aromatic N) is 1. The number of benzene rings is 2. The van der Waals surface area contributed by atoms with Gasteiger partial charge in [0.15, 0.2) is 0 Å². The zero-order valence-corrected chi connectivity index (χ0v) is 19.1. The number of rotatable bonds is 8. The second kappa shape index (κ2) is 10.2. The van der Waals surface area contributed by atoms with Crippen molar-refractivity contribution in [1.82, 2.24) is 4.31 Å². The van der Waals surface area contributed by atoms with Crippen LogP contribution in [0.25, 0.3) is 0 Å². The normalized spacial score (nSPS) is 14.8. The highest BCUT2D eigenvalue weighted by Gasteiger charge is 2.26. The molecule has 1 heterocycles. The Morgan fingerprint density at radius 3 is 2.35 bits per heavy atom. The van der Waals surface area contributed by atoms with Crippen LogP contribution in [0.2, 0.25) is 0 Å². The fourth-order valence-corrected chi connectivity index (χ4v) is 5.31. The highest BCUT2D eigenvalue weighted by atomic mass is 32.2. The molecule has 1 saturated heterocycles. The van der Waals surface area contributed by atoms with Crippen LogP contribution < -0.4 is 14.8 Å². The molecular weight excluding hydrogens is 416 g/mol. The number of sulfonamides is 1. The molecule has 0 saturated carbocycles. The summed E-state index contributed by atoms with van der Waals surface area (Å²) in [6, 6.07) is 10.4. The fraction of sp³-hybridized carbons (Fsp3) is 0.435. The molecule has 0 bridgehead atoms. The topological polar surface area (TPSA) is 84.9 Å². The van der Waals surface area contributed by atoms with Gasteiger partial charge in [0.1, 0.15) is 11.5 Å². The number of hydrogen-bond acceptors (Lipinski definition) is 5. The summed E-state index contributed by atoms with van der Waals surface area (Å²) in [6.45, 7) is 3.03. The molecule has 0 atom stereocenters. The van der Waals surface area contributed by atoms with Crippen LogP contribution in [0.5, 0.6) is 11.5 Å². The van der Waals surface area contributed by atoms with Gasteiger partial charge in [-0.2, -0.15) is 4.31 Å². The lowest BCUT2D eigenvalue weighted by molar-refractivity contribution is -0.116. The summed E-state index contributed by atoms with van der Waals surface area (Å²) in [5, 5.41) is 2.88. The highest BCUT2D eigenvalue weighted by molar-refractivity contribution is 7.89. The van der Waals surface area contributed by atoms with Gasteiger partial charge in [0.05, 0.1) is 24.8 Å².